The molecule has 1 unspecified atom stereocenters. The Morgan fingerprint density at radius 2 is 2.23 bits per heavy atom. The standard InChI is InChI=1S/C20H29N3O2S/c1-20(2,18-8-5-13-26-18)15-23-19(22-14-17-7-4-12-25-17)21-10-9-16-6-3-11-24-16/h3,5-6,8,11,13,17H,4,7,9-10,12,14-15H2,1-2H3,(H2,21,22,23). The number of rotatable bonds is 8. The normalized spacial score (nSPS) is 18.2. The monoisotopic (exact) mass is 375 g/mol. The van der Waals surface area contributed by atoms with Gasteiger partial charge in [-0.3, -0.25) is 4.99 Å². The molecule has 0 spiro atoms. The summed E-state index contributed by atoms with van der Waals surface area (Å²) in [5.41, 5.74) is 0.0215. The molecule has 0 aromatic carbocycles. The highest BCUT2D eigenvalue weighted by Crippen LogP contribution is 2.27. The molecule has 6 heteroatoms. The molecule has 0 aliphatic carbocycles. The Labute approximate surface area is 159 Å². The Morgan fingerprint density at radius 1 is 1.31 bits per heavy atom. The topological polar surface area (TPSA) is 58.8 Å². The van der Waals surface area contributed by atoms with E-state index in [0.29, 0.717) is 0 Å². The number of guanidine groups is 1. The number of furan rings is 1. The van der Waals surface area contributed by atoms with Gasteiger partial charge in [0.05, 0.1) is 18.9 Å². The van der Waals surface area contributed by atoms with Crippen molar-refractivity contribution in [2.75, 3.05) is 26.2 Å². The van der Waals surface area contributed by atoms with Gasteiger partial charge in [0.1, 0.15) is 5.76 Å². The number of ether oxygens (including phenoxy) is 1. The molecule has 2 aromatic rings. The van der Waals surface area contributed by atoms with Crippen molar-refractivity contribution in [3.8, 4) is 0 Å². The number of hydrogen-bond donors (Lipinski definition) is 2. The van der Waals surface area contributed by atoms with Crippen molar-refractivity contribution in [3.63, 3.8) is 0 Å². The largest absolute Gasteiger partial charge is 0.469 e. The molecule has 2 N–H and O–H groups in total. The highest BCUT2D eigenvalue weighted by molar-refractivity contribution is 7.10. The Bertz CT molecular complexity index is 659. The maximum atomic E-state index is 5.71. The predicted molar refractivity (Wildman–Crippen MR) is 107 cm³/mol. The maximum Gasteiger partial charge on any atom is 0.191 e. The molecule has 0 amide bonds. The van der Waals surface area contributed by atoms with Crippen LogP contribution in [0.2, 0.25) is 0 Å². The van der Waals surface area contributed by atoms with Crippen molar-refractivity contribution in [2.24, 2.45) is 4.99 Å². The third-order valence-electron chi connectivity index (χ3n) is 4.59. The fourth-order valence-electron chi connectivity index (χ4n) is 2.97. The van der Waals surface area contributed by atoms with Gasteiger partial charge in [0.2, 0.25) is 0 Å². The number of thiophene rings is 1. The summed E-state index contributed by atoms with van der Waals surface area (Å²) < 4.78 is 11.1. The molecule has 1 aliphatic rings. The lowest BCUT2D eigenvalue weighted by Gasteiger charge is -2.22. The highest BCUT2D eigenvalue weighted by Gasteiger charge is 2.22. The Balaban J connectivity index is 1.56. The van der Waals surface area contributed by atoms with Crippen LogP contribution in [0, 0.1) is 0 Å². The summed E-state index contributed by atoms with van der Waals surface area (Å²) >= 11 is 1.79. The SMILES string of the molecule is CC(C)(CN=C(NCCc1ccco1)NCC1CCCO1)c1cccs1. The number of aliphatic imine (C=N–C) groups is 1. The van der Waals surface area contributed by atoms with Gasteiger partial charge in [-0.15, -0.1) is 11.3 Å². The average Bonchev–Trinajstić information content (AvgIpc) is 3.40. The molecule has 142 valence electrons. The van der Waals surface area contributed by atoms with Crippen LogP contribution in [-0.4, -0.2) is 38.3 Å². The summed E-state index contributed by atoms with van der Waals surface area (Å²) in [6.45, 7) is 7.66. The van der Waals surface area contributed by atoms with Crippen LogP contribution >= 0.6 is 11.3 Å². The van der Waals surface area contributed by atoms with Gasteiger partial charge in [-0.25, -0.2) is 0 Å². The minimum Gasteiger partial charge on any atom is -0.469 e. The molecular weight excluding hydrogens is 346 g/mol. The van der Waals surface area contributed by atoms with Gasteiger partial charge >= 0.3 is 0 Å². The van der Waals surface area contributed by atoms with Gasteiger partial charge < -0.3 is 19.8 Å². The van der Waals surface area contributed by atoms with Crippen molar-refractivity contribution in [1.82, 2.24) is 10.6 Å². The van der Waals surface area contributed by atoms with E-state index in [4.69, 9.17) is 14.1 Å². The van der Waals surface area contributed by atoms with Gasteiger partial charge in [-0.05, 0) is 36.4 Å². The van der Waals surface area contributed by atoms with Crippen molar-refractivity contribution in [1.29, 1.82) is 0 Å². The fraction of sp³-hybridized carbons (Fsp3) is 0.550. The third-order valence-corrected chi connectivity index (χ3v) is 5.82. The summed E-state index contributed by atoms with van der Waals surface area (Å²) in [5, 5.41) is 9.00. The molecule has 1 saturated heterocycles. The van der Waals surface area contributed by atoms with Crippen LogP contribution in [0.5, 0.6) is 0 Å². The van der Waals surface area contributed by atoms with Crippen LogP contribution in [0.3, 0.4) is 0 Å². The number of hydrogen-bond acceptors (Lipinski definition) is 4. The lowest BCUT2D eigenvalue weighted by Crippen LogP contribution is -2.42. The first-order valence-electron chi connectivity index (χ1n) is 9.34. The zero-order chi connectivity index (χ0) is 18.2. The second kappa shape index (κ2) is 9.24. The van der Waals surface area contributed by atoms with Crippen LogP contribution in [0.25, 0.3) is 0 Å². The van der Waals surface area contributed by atoms with E-state index in [1.165, 1.54) is 4.88 Å². The van der Waals surface area contributed by atoms with Crippen LogP contribution in [0.15, 0.2) is 45.3 Å². The molecule has 1 fully saturated rings. The fourth-order valence-corrected chi connectivity index (χ4v) is 3.81. The average molecular weight is 376 g/mol. The van der Waals surface area contributed by atoms with E-state index >= 15 is 0 Å². The van der Waals surface area contributed by atoms with Crippen molar-refractivity contribution in [3.05, 3.63) is 46.5 Å². The smallest absolute Gasteiger partial charge is 0.191 e. The molecule has 0 saturated carbocycles. The molecule has 3 rings (SSSR count). The second-order valence-electron chi connectivity index (χ2n) is 7.30. The number of nitrogens with one attached hydrogen (secondary N) is 2. The van der Waals surface area contributed by atoms with Crippen molar-refractivity contribution in [2.45, 2.75) is 44.6 Å². The molecule has 0 bridgehead atoms. The van der Waals surface area contributed by atoms with Crippen molar-refractivity contribution < 1.29 is 9.15 Å². The quantitative estimate of drug-likeness (QED) is 0.547. The van der Waals surface area contributed by atoms with Gasteiger partial charge in [0, 0.05) is 36.4 Å². The first-order chi connectivity index (χ1) is 12.6. The third kappa shape index (κ3) is 5.61. The molecule has 0 radical (unpaired) electrons. The molecule has 1 atom stereocenters. The lowest BCUT2D eigenvalue weighted by molar-refractivity contribution is 0.114. The Hall–Kier alpha value is -1.79. The first kappa shape index (κ1) is 19.0. The predicted octanol–water partition coefficient (Wildman–Crippen LogP) is 3.58. The molecule has 5 nitrogen and oxygen atoms in total. The highest BCUT2D eigenvalue weighted by atomic mass is 32.1. The minimum absolute atomic E-state index is 0.0215. The van der Waals surface area contributed by atoms with E-state index in [9.17, 15) is 0 Å². The second-order valence-corrected chi connectivity index (χ2v) is 8.25. The van der Waals surface area contributed by atoms with Gasteiger partial charge in [-0.2, -0.15) is 0 Å². The molecular formula is C20H29N3O2S. The van der Waals surface area contributed by atoms with E-state index in [-0.39, 0.29) is 11.5 Å². The van der Waals surface area contributed by atoms with Crippen LogP contribution in [0.1, 0.15) is 37.3 Å². The molecule has 3 heterocycles. The van der Waals surface area contributed by atoms with Gasteiger partial charge in [0.15, 0.2) is 5.96 Å². The minimum atomic E-state index is 0.0215. The zero-order valence-electron chi connectivity index (χ0n) is 15.7. The van der Waals surface area contributed by atoms with Crippen LogP contribution in [0.4, 0.5) is 0 Å². The summed E-state index contributed by atoms with van der Waals surface area (Å²) in [6.07, 6.45) is 5.10. The van der Waals surface area contributed by atoms with Crippen LogP contribution in [-0.2, 0) is 16.6 Å². The molecule has 1 aliphatic heterocycles. The van der Waals surface area contributed by atoms with E-state index < -0.39 is 0 Å². The Kier molecular flexibility index (Phi) is 6.74. The van der Waals surface area contributed by atoms with E-state index in [2.05, 4.69) is 42.0 Å². The maximum absolute atomic E-state index is 5.71. The zero-order valence-corrected chi connectivity index (χ0v) is 16.5. The molecule has 26 heavy (non-hydrogen) atoms. The summed E-state index contributed by atoms with van der Waals surface area (Å²) in [6, 6.07) is 8.20. The van der Waals surface area contributed by atoms with E-state index in [0.717, 1.165) is 57.2 Å². The lowest BCUT2D eigenvalue weighted by atomic mass is 9.92. The van der Waals surface area contributed by atoms with Gasteiger partial charge in [0.25, 0.3) is 0 Å². The summed E-state index contributed by atoms with van der Waals surface area (Å²) in [5.74, 6) is 1.83. The van der Waals surface area contributed by atoms with Crippen molar-refractivity contribution >= 4 is 17.3 Å². The first-order valence-corrected chi connectivity index (χ1v) is 10.2. The summed E-state index contributed by atoms with van der Waals surface area (Å²) in [4.78, 5) is 6.20. The summed E-state index contributed by atoms with van der Waals surface area (Å²) in [7, 11) is 0. The molecule has 2 aromatic heterocycles. The van der Waals surface area contributed by atoms with Crippen LogP contribution < -0.4 is 10.6 Å². The number of nitrogens with zero attached hydrogens (tertiary/aromatic N) is 1. The van der Waals surface area contributed by atoms with E-state index in [1.807, 2.05) is 12.1 Å². The Morgan fingerprint density at radius 3 is 2.92 bits per heavy atom. The van der Waals surface area contributed by atoms with E-state index in [1.54, 1.807) is 17.6 Å². The van der Waals surface area contributed by atoms with Gasteiger partial charge in [-0.1, -0.05) is 19.9 Å².